The van der Waals surface area contributed by atoms with Crippen LogP contribution in [0.3, 0.4) is 0 Å². The Kier molecular flexibility index (Phi) is 7.50. The molecule has 3 aromatic carbocycles. The number of carbonyl (C=O) groups excluding carboxylic acids is 2. The summed E-state index contributed by atoms with van der Waals surface area (Å²) >= 11 is 0. The molecule has 0 spiro atoms. The van der Waals surface area contributed by atoms with Gasteiger partial charge in [0.05, 0.1) is 18.7 Å². The lowest BCUT2D eigenvalue weighted by Gasteiger charge is -2.10. The summed E-state index contributed by atoms with van der Waals surface area (Å²) in [6, 6.07) is 18.8. The highest BCUT2D eigenvalue weighted by Gasteiger charge is 2.16. The van der Waals surface area contributed by atoms with E-state index in [0.29, 0.717) is 11.4 Å². The first kappa shape index (κ1) is 24.7. The lowest BCUT2D eigenvalue weighted by atomic mass is 10.1. The largest absolute Gasteiger partial charge is 0.507 e. The maximum Gasteiger partial charge on any atom is 0.259 e. The van der Waals surface area contributed by atoms with E-state index in [-0.39, 0.29) is 29.3 Å². The van der Waals surface area contributed by atoms with Crippen LogP contribution in [0.2, 0.25) is 0 Å². The topological polar surface area (TPSA) is 127 Å². The van der Waals surface area contributed by atoms with Gasteiger partial charge in [-0.3, -0.25) is 19.6 Å². The lowest BCUT2D eigenvalue weighted by Crippen LogP contribution is -2.19. The van der Waals surface area contributed by atoms with E-state index in [1.54, 1.807) is 24.3 Å². The molecule has 0 saturated heterocycles. The number of anilines is 2. The number of hydrogen-bond donors (Lipinski definition) is 5. The van der Waals surface area contributed by atoms with Crippen molar-refractivity contribution in [2.24, 2.45) is 9.98 Å². The number of nitrogens with zero attached hydrogens (tertiary/aromatic N) is 2. The van der Waals surface area contributed by atoms with Crippen LogP contribution in [0.4, 0.5) is 11.4 Å². The number of rotatable bonds is 6. The van der Waals surface area contributed by atoms with Crippen molar-refractivity contribution in [2.45, 2.75) is 0 Å². The van der Waals surface area contributed by atoms with Crippen molar-refractivity contribution in [3.8, 4) is 5.75 Å². The number of phenolic OH excluding ortho intramolecular Hbond substituents is 1. The summed E-state index contributed by atoms with van der Waals surface area (Å²) in [4.78, 5) is 34.1. The van der Waals surface area contributed by atoms with Gasteiger partial charge in [0.1, 0.15) is 17.4 Å². The molecular formula is C26H25ClN6O3. The molecule has 3 aromatic rings. The Morgan fingerprint density at radius 3 is 1.67 bits per heavy atom. The summed E-state index contributed by atoms with van der Waals surface area (Å²) in [5.41, 5.74) is 3.40. The molecule has 0 fully saturated rings. The van der Waals surface area contributed by atoms with Crippen LogP contribution >= 0.6 is 12.4 Å². The molecule has 10 heteroatoms. The van der Waals surface area contributed by atoms with Gasteiger partial charge in [-0.25, -0.2) is 0 Å². The average Bonchev–Trinajstić information content (AvgIpc) is 3.60. The summed E-state index contributed by atoms with van der Waals surface area (Å²) in [5, 5.41) is 22.4. The molecule has 5 rings (SSSR count). The molecule has 36 heavy (non-hydrogen) atoms. The Morgan fingerprint density at radius 2 is 1.22 bits per heavy atom. The number of halogens is 1. The molecule has 0 aromatic heterocycles. The van der Waals surface area contributed by atoms with E-state index < -0.39 is 11.8 Å². The molecule has 0 aliphatic carbocycles. The number of hydrogen-bond acceptors (Lipinski definition) is 7. The first-order chi connectivity index (χ1) is 17.1. The van der Waals surface area contributed by atoms with Crippen LogP contribution in [-0.4, -0.2) is 54.8 Å². The van der Waals surface area contributed by atoms with E-state index in [0.717, 1.165) is 49.0 Å². The van der Waals surface area contributed by atoms with Gasteiger partial charge >= 0.3 is 0 Å². The number of nitrogens with one attached hydrogen (secondary N) is 4. The van der Waals surface area contributed by atoms with Crippen LogP contribution in [-0.2, 0) is 0 Å². The fourth-order valence-corrected chi connectivity index (χ4v) is 3.87. The number of carbonyl (C=O) groups is 2. The summed E-state index contributed by atoms with van der Waals surface area (Å²) in [7, 11) is 0. The van der Waals surface area contributed by atoms with Gasteiger partial charge in [0, 0.05) is 41.2 Å². The average molecular weight is 505 g/mol. The van der Waals surface area contributed by atoms with Crippen molar-refractivity contribution in [3.63, 3.8) is 0 Å². The summed E-state index contributed by atoms with van der Waals surface area (Å²) in [5.74, 6) is 0.535. The van der Waals surface area contributed by atoms with E-state index in [4.69, 9.17) is 0 Å². The molecule has 184 valence electrons. The highest BCUT2D eigenvalue weighted by molar-refractivity contribution is 6.09. The Balaban J connectivity index is 0.00000304. The fourth-order valence-electron chi connectivity index (χ4n) is 3.87. The maximum absolute atomic E-state index is 12.7. The van der Waals surface area contributed by atoms with Gasteiger partial charge in [-0.1, -0.05) is 0 Å². The predicted molar refractivity (Wildman–Crippen MR) is 143 cm³/mol. The molecule has 5 N–H and O–H groups in total. The highest BCUT2D eigenvalue weighted by Crippen LogP contribution is 2.22. The number of amides is 2. The van der Waals surface area contributed by atoms with Crippen molar-refractivity contribution >= 4 is 47.3 Å². The Morgan fingerprint density at radius 1 is 0.722 bits per heavy atom. The van der Waals surface area contributed by atoms with E-state index in [1.807, 2.05) is 24.3 Å². The standard InChI is InChI=1S/C26H24N6O3.ClH/c33-22-15-18(25(34)31-19-6-1-16(2-7-19)23-27-11-12-28-23)5-10-21(22)26(35)32-20-8-3-17(4-9-20)24-29-13-14-30-24;/h1-10,15,33H,11-14H2,(H,27,28)(H,29,30)(H,31,34)(H,32,35);1H. The van der Waals surface area contributed by atoms with Crippen molar-refractivity contribution < 1.29 is 14.7 Å². The fraction of sp³-hybridized carbons (Fsp3) is 0.154. The van der Waals surface area contributed by atoms with Gasteiger partial charge in [0.2, 0.25) is 0 Å². The molecule has 2 aliphatic heterocycles. The Labute approximate surface area is 214 Å². The second-order valence-corrected chi connectivity index (χ2v) is 8.11. The van der Waals surface area contributed by atoms with Crippen molar-refractivity contribution in [2.75, 3.05) is 36.8 Å². The van der Waals surface area contributed by atoms with Crippen molar-refractivity contribution in [1.82, 2.24) is 10.6 Å². The van der Waals surface area contributed by atoms with E-state index >= 15 is 0 Å². The maximum atomic E-state index is 12.7. The molecule has 9 nitrogen and oxygen atoms in total. The molecular weight excluding hydrogens is 480 g/mol. The van der Waals surface area contributed by atoms with Crippen LogP contribution in [0.1, 0.15) is 31.8 Å². The zero-order chi connectivity index (χ0) is 24.2. The minimum absolute atomic E-state index is 0. The van der Waals surface area contributed by atoms with Crippen LogP contribution in [0, 0.1) is 0 Å². The molecule has 2 heterocycles. The molecule has 0 atom stereocenters. The summed E-state index contributed by atoms with van der Waals surface area (Å²) in [6.45, 7) is 3.15. The van der Waals surface area contributed by atoms with E-state index in [9.17, 15) is 14.7 Å². The van der Waals surface area contributed by atoms with Crippen molar-refractivity contribution in [1.29, 1.82) is 0 Å². The molecule has 2 amide bonds. The number of phenols is 1. The van der Waals surface area contributed by atoms with Gasteiger partial charge in [0.25, 0.3) is 11.8 Å². The van der Waals surface area contributed by atoms with Crippen molar-refractivity contribution in [3.05, 3.63) is 89.0 Å². The van der Waals surface area contributed by atoms with Crippen LogP contribution in [0.5, 0.6) is 5.75 Å². The quantitative estimate of drug-likeness (QED) is 0.352. The molecule has 0 radical (unpaired) electrons. The highest BCUT2D eigenvalue weighted by atomic mass is 35.5. The van der Waals surface area contributed by atoms with Crippen LogP contribution < -0.4 is 21.3 Å². The smallest absolute Gasteiger partial charge is 0.259 e. The third-order valence-electron chi connectivity index (χ3n) is 5.69. The lowest BCUT2D eigenvalue weighted by molar-refractivity contribution is 0.101. The minimum atomic E-state index is -0.474. The Hall–Kier alpha value is -4.37. The molecule has 0 unspecified atom stereocenters. The third kappa shape index (κ3) is 5.47. The second kappa shape index (κ2) is 10.9. The SMILES string of the molecule is Cl.O=C(Nc1ccc(C2=NCCN2)cc1)c1ccc(C(=O)Nc2ccc(C3=NCCN3)cc2)c(O)c1. The first-order valence-electron chi connectivity index (χ1n) is 11.3. The zero-order valence-electron chi connectivity index (χ0n) is 19.2. The van der Waals surface area contributed by atoms with Gasteiger partial charge < -0.3 is 26.4 Å². The number of amidine groups is 2. The molecule has 2 aliphatic rings. The van der Waals surface area contributed by atoms with E-state index in [1.165, 1.54) is 18.2 Å². The number of aromatic hydroxyl groups is 1. The second-order valence-electron chi connectivity index (χ2n) is 8.11. The van der Waals surface area contributed by atoms with Crippen LogP contribution in [0.25, 0.3) is 0 Å². The number of aliphatic imine (C=N–C) groups is 2. The third-order valence-corrected chi connectivity index (χ3v) is 5.69. The van der Waals surface area contributed by atoms with Crippen LogP contribution in [0.15, 0.2) is 76.7 Å². The van der Waals surface area contributed by atoms with Gasteiger partial charge in [0.15, 0.2) is 0 Å². The Bertz CT molecular complexity index is 1340. The van der Waals surface area contributed by atoms with Gasteiger partial charge in [-0.05, 0) is 66.7 Å². The van der Waals surface area contributed by atoms with E-state index in [2.05, 4.69) is 31.3 Å². The summed E-state index contributed by atoms with van der Waals surface area (Å²) in [6.07, 6.45) is 0. The first-order valence-corrected chi connectivity index (χ1v) is 11.3. The molecule has 0 bridgehead atoms. The minimum Gasteiger partial charge on any atom is -0.507 e. The normalized spacial score (nSPS) is 14.0. The van der Waals surface area contributed by atoms with Gasteiger partial charge in [-0.2, -0.15) is 0 Å². The number of benzene rings is 3. The molecule has 0 saturated carbocycles. The zero-order valence-corrected chi connectivity index (χ0v) is 20.1. The monoisotopic (exact) mass is 504 g/mol. The summed E-state index contributed by atoms with van der Waals surface area (Å²) < 4.78 is 0. The predicted octanol–water partition coefficient (Wildman–Crippen LogP) is 3.02. The van der Waals surface area contributed by atoms with Gasteiger partial charge in [-0.15, -0.1) is 12.4 Å².